The van der Waals surface area contributed by atoms with Crippen LogP contribution in [0.3, 0.4) is 0 Å². The Bertz CT molecular complexity index is 607. The van der Waals surface area contributed by atoms with Gasteiger partial charge in [0.25, 0.3) is 0 Å². The Balaban J connectivity index is 1.79. The van der Waals surface area contributed by atoms with E-state index in [0.717, 1.165) is 44.2 Å². The van der Waals surface area contributed by atoms with Gasteiger partial charge in [0.1, 0.15) is 6.54 Å². The van der Waals surface area contributed by atoms with Gasteiger partial charge in [-0.25, -0.2) is 4.79 Å². The van der Waals surface area contributed by atoms with Gasteiger partial charge >= 0.3 is 6.03 Å². The zero-order valence-corrected chi connectivity index (χ0v) is 16.5. The van der Waals surface area contributed by atoms with Gasteiger partial charge < -0.3 is 15.1 Å². The highest BCUT2D eigenvalue weighted by molar-refractivity contribution is 5.97. The van der Waals surface area contributed by atoms with Crippen LogP contribution >= 0.6 is 0 Å². The predicted molar refractivity (Wildman–Crippen MR) is 109 cm³/mol. The molecule has 3 rings (SSSR count). The maximum absolute atomic E-state index is 13.4. The number of hydrogen-bond acceptors (Lipinski definition) is 2. The molecular formula is C22H33N3O2. The summed E-state index contributed by atoms with van der Waals surface area (Å²) < 4.78 is 0. The molecule has 1 aromatic carbocycles. The van der Waals surface area contributed by atoms with E-state index in [4.69, 9.17) is 0 Å². The van der Waals surface area contributed by atoms with Gasteiger partial charge in [-0.3, -0.25) is 4.79 Å². The van der Waals surface area contributed by atoms with E-state index in [9.17, 15) is 9.59 Å². The van der Waals surface area contributed by atoms with Crippen molar-refractivity contribution >= 4 is 17.6 Å². The standard InChI is InChI=1S/C22H33N3O2/c1-23-22(27)24(18-11-5-2-6-12-18)17-21(26)25(19-13-7-3-8-14-19)20-15-9-4-10-16-20/h3,7-8,13-14,18,20H,2,4-6,9-12,15-17H2,1H3,(H,23,27). The number of benzene rings is 1. The van der Waals surface area contributed by atoms with Crippen LogP contribution in [0.5, 0.6) is 0 Å². The van der Waals surface area contributed by atoms with Crippen LogP contribution in [0.15, 0.2) is 30.3 Å². The molecule has 0 atom stereocenters. The Labute approximate surface area is 163 Å². The topological polar surface area (TPSA) is 52.7 Å². The highest BCUT2D eigenvalue weighted by atomic mass is 16.2. The molecule has 0 heterocycles. The normalized spacial score (nSPS) is 18.7. The molecule has 2 aliphatic carbocycles. The zero-order chi connectivity index (χ0) is 19.1. The first kappa shape index (κ1) is 19.7. The van der Waals surface area contributed by atoms with Crippen molar-refractivity contribution in [1.82, 2.24) is 10.2 Å². The summed E-state index contributed by atoms with van der Waals surface area (Å²) in [6.45, 7) is 0.162. The van der Waals surface area contributed by atoms with Crippen LogP contribution < -0.4 is 10.2 Å². The molecule has 0 aromatic heterocycles. The second-order valence-electron chi connectivity index (χ2n) is 7.87. The number of nitrogens with zero attached hydrogens (tertiary/aromatic N) is 2. The molecule has 148 valence electrons. The monoisotopic (exact) mass is 371 g/mol. The maximum Gasteiger partial charge on any atom is 0.317 e. The van der Waals surface area contributed by atoms with Crippen molar-refractivity contribution in [2.24, 2.45) is 0 Å². The van der Waals surface area contributed by atoms with E-state index in [1.54, 1.807) is 11.9 Å². The van der Waals surface area contributed by atoms with E-state index < -0.39 is 0 Å². The second-order valence-corrected chi connectivity index (χ2v) is 7.87. The number of nitrogens with one attached hydrogen (secondary N) is 1. The van der Waals surface area contributed by atoms with Crippen molar-refractivity contribution in [2.45, 2.75) is 76.3 Å². The summed E-state index contributed by atoms with van der Waals surface area (Å²) in [5.74, 6) is 0.0438. The number of para-hydroxylation sites is 1. The minimum atomic E-state index is -0.132. The van der Waals surface area contributed by atoms with Crippen molar-refractivity contribution in [3.63, 3.8) is 0 Å². The molecule has 0 unspecified atom stereocenters. The molecule has 1 N–H and O–H groups in total. The number of urea groups is 1. The molecule has 3 amide bonds. The van der Waals surface area contributed by atoms with Crippen LogP contribution in [0.4, 0.5) is 10.5 Å². The first-order chi connectivity index (χ1) is 13.2. The third kappa shape index (κ3) is 5.02. The highest BCUT2D eigenvalue weighted by Crippen LogP contribution is 2.28. The largest absolute Gasteiger partial charge is 0.341 e. The average Bonchev–Trinajstić information content (AvgIpc) is 2.74. The van der Waals surface area contributed by atoms with Crippen molar-refractivity contribution in [2.75, 3.05) is 18.5 Å². The third-order valence-electron chi connectivity index (χ3n) is 6.04. The van der Waals surface area contributed by atoms with Crippen molar-refractivity contribution in [3.8, 4) is 0 Å². The molecule has 1 aromatic rings. The fraction of sp³-hybridized carbons (Fsp3) is 0.636. The third-order valence-corrected chi connectivity index (χ3v) is 6.04. The molecule has 27 heavy (non-hydrogen) atoms. The molecule has 5 nitrogen and oxygen atoms in total. The van der Waals surface area contributed by atoms with Gasteiger partial charge in [-0.1, -0.05) is 56.7 Å². The first-order valence-electron chi connectivity index (χ1n) is 10.6. The molecule has 2 aliphatic rings. The second kappa shape index (κ2) is 9.77. The Kier molecular flexibility index (Phi) is 7.13. The molecule has 2 fully saturated rings. The highest BCUT2D eigenvalue weighted by Gasteiger charge is 2.32. The minimum Gasteiger partial charge on any atom is -0.341 e. The van der Waals surface area contributed by atoms with Crippen LogP contribution in [-0.2, 0) is 4.79 Å². The lowest BCUT2D eigenvalue weighted by Crippen LogP contribution is -2.53. The van der Waals surface area contributed by atoms with Crippen LogP contribution in [0.1, 0.15) is 64.2 Å². The minimum absolute atomic E-state index is 0.0438. The van der Waals surface area contributed by atoms with Gasteiger partial charge in [-0.15, -0.1) is 0 Å². The van der Waals surface area contributed by atoms with E-state index in [0.29, 0.717) is 0 Å². The summed E-state index contributed by atoms with van der Waals surface area (Å²) in [6.07, 6.45) is 11.2. The summed E-state index contributed by atoms with van der Waals surface area (Å²) in [7, 11) is 1.65. The van der Waals surface area contributed by atoms with Gasteiger partial charge in [0.15, 0.2) is 0 Å². The number of anilines is 1. The molecule has 5 heteroatoms. The summed E-state index contributed by atoms with van der Waals surface area (Å²) in [5.41, 5.74) is 0.954. The van der Waals surface area contributed by atoms with E-state index in [1.165, 1.54) is 25.7 Å². The smallest absolute Gasteiger partial charge is 0.317 e. The van der Waals surface area contributed by atoms with E-state index in [2.05, 4.69) is 5.32 Å². The number of rotatable bonds is 5. The molecule has 0 bridgehead atoms. The van der Waals surface area contributed by atoms with Crippen molar-refractivity contribution in [3.05, 3.63) is 30.3 Å². The molecule has 0 saturated heterocycles. The molecular weight excluding hydrogens is 338 g/mol. The van der Waals surface area contributed by atoms with Crippen LogP contribution in [0.25, 0.3) is 0 Å². The van der Waals surface area contributed by atoms with E-state index in [1.807, 2.05) is 35.2 Å². The number of amides is 3. The summed E-state index contributed by atoms with van der Waals surface area (Å²) in [6, 6.07) is 10.2. The fourth-order valence-electron chi connectivity index (χ4n) is 4.61. The van der Waals surface area contributed by atoms with Crippen LogP contribution in [0, 0.1) is 0 Å². The lowest BCUT2D eigenvalue weighted by molar-refractivity contribution is -0.120. The van der Waals surface area contributed by atoms with Crippen molar-refractivity contribution < 1.29 is 9.59 Å². The zero-order valence-electron chi connectivity index (χ0n) is 16.5. The van der Waals surface area contributed by atoms with Gasteiger partial charge in [0.2, 0.25) is 5.91 Å². The number of hydrogen-bond donors (Lipinski definition) is 1. The Morgan fingerprint density at radius 2 is 1.44 bits per heavy atom. The van der Waals surface area contributed by atoms with Crippen LogP contribution in [-0.4, -0.2) is 42.5 Å². The summed E-state index contributed by atoms with van der Waals surface area (Å²) >= 11 is 0. The number of carbonyl (C=O) groups excluding carboxylic acids is 2. The number of carbonyl (C=O) groups is 2. The lowest BCUT2D eigenvalue weighted by atomic mass is 9.93. The fourth-order valence-corrected chi connectivity index (χ4v) is 4.61. The summed E-state index contributed by atoms with van der Waals surface area (Å²) in [4.78, 5) is 29.7. The summed E-state index contributed by atoms with van der Waals surface area (Å²) in [5, 5.41) is 2.74. The lowest BCUT2D eigenvalue weighted by Gasteiger charge is -2.38. The molecule has 0 aliphatic heterocycles. The maximum atomic E-state index is 13.4. The van der Waals surface area contributed by atoms with Gasteiger partial charge in [0.05, 0.1) is 0 Å². The quantitative estimate of drug-likeness (QED) is 0.838. The molecule has 2 saturated carbocycles. The van der Waals surface area contributed by atoms with Crippen molar-refractivity contribution in [1.29, 1.82) is 0 Å². The predicted octanol–water partition coefficient (Wildman–Crippen LogP) is 4.33. The van der Waals surface area contributed by atoms with Crippen LogP contribution in [0.2, 0.25) is 0 Å². The van der Waals surface area contributed by atoms with Gasteiger partial charge in [-0.2, -0.15) is 0 Å². The average molecular weight is 372 g/mol. The van der Waals surface area contributed by atoms with E-state index >= 15 is 0 Å². The van der Waals surface area contributed by atoms with E-state index in [-0.39, 0.29) is 30.6 Å². The van der Waals surface area contributed by atoms with Gasteiger partial charge in [0, 0.05) is 24.8 Å². The Morgan fingerprint density at radius 3 is 2.00 bits per heavy atom. The van der Waals surface area contributed by atoms with Gasteiger partial charge in [-0.05, 0) is 37.8 Å². The molecule has 0 spiro atoms. The first-order valence-corrected chi connectivity index (χ1v) is 10.6. The Morgan fingerprint density at radius 1 is 0.889 bits per heavy atom. The molecule has 0 radical (unpaired) electrons. The Hall–Kier alpha value is -2.04. The SMILES string of the molecule is CNC(=O)N(CC(=O)N(c1ccccc1)C1CCCCC1)C1CCCCC1.